The number of benzene rings is 1. The topological polar surface area (TPSA) is 74.5 Å². The number of nitro benzene ring substituents is 1. The summed E-state index contributed by atoms with van der Waals surface area (Å²) < 4.78 is 11.4. The lowest BCUT2D eigenvalue weighted by Crippen LogP contribution is -2.03. The van der Waals surface area contributed by atoms with Crippen molar-refractivity contribution in [1.82, 2.24) is 4.98 Å². The molecule has 0 aliphatic heterocycles. The Hall–Kier alpha value is -2.37. The highest BCUT2D eigenvalue weighted by atomic mass is 16.6. The third-order valence-electron chi connectivity index (χ3n) is 5.28. The van der Waals surface area contributed by atoms with E-state index < -0.39 is 4.92 Å². The minimum atomic E-state index is -0.427. The van der Waals surface area contributed by atoms with Gasteiger partial charge in [0.15, 0.2) is 17.0 Å². The van der Waals surface area contributed by atoms with Crippen LogP contribution in [0.15, 0.2) is 18.3 Å². The maximum atomic E-state index is 11.4. The van der Waals surface area contributed by atoms with Crippen molar-refractivity contribution in [1.29, 1.82) is 0 Å². The molecule has 2 aromatic rings. The number of rotatable bonds is 14. The zero-order valence-corrected chi connectivity index (χ0v) is 18.0. The maximum absolute atomic E-state index is 11.4. The second-order valence-corrected chi connectivity index (χ2v) is 7.57. The average Bonchev–Trinajstić information content (AvgIpc) is 2.71. The van der Waals surface area contributed by atoms with Crippen molar-refractivity contribution in [2.75, 3.05) is 13.7 Å². The van der Waals surface area contributed by atoms with Crippen LogP contribution in [0.5, 0.6) is 11.5 Å². The number of methoxy groups -OCH3 is 1. The van der Waals surface area contributed by atoms with Crippen LogP contribution < -0.4 is 9.47 Å². The van der Waals surface area contributed by atoms with E-state index in [4.69, 9.17) is 9.47 Å². The normalized spacial score (nSPS) is 11.0. The van der Waals surface area contributed by atoms with Crippen LogP contribution in [0.25, 0.3) is 10.9 Å². The van der Waals surface area contributed by atoms with Crippen LogP contribution in [-0.2, 0) is 0 Å². The van der Waals surface area contributed by atoms with Crippen LogP contribution in [-0.4, -0.2) is 23.6 Å². The highest BCUT2D eigenvalue weighted by molar-refractivity contribution is 5.96. The Morgan fingerprint density at radius 1 is 1.03 bits per heavy atom. The number of ether oxygens (including phenoxy) is 2. The van der Waals surface area contributed by atoms with Crippen molar-refractivity contribution < 1.29 is 14.4 Å². The Morgan fingerprint density at radius 2 is 1.66 bits per heavy atom. The van der Waals surface area contributed by atoms with Crippen LogP contribution in [0.3, 0.4) is 0 Å². The summed E-state index contributed by atoms with van der Waals surface area (Å²) in [7, 11) is 1.50. The average molecular weight is 403 g/mol. The fourth-order valence-corrected chi connectivity index (χ4v) is 3.62. The first kappa shape index (κ1) is 22.9. The molecule has 0 saturated heterocycles. The minimum Gasteiger partial charge on any atom is -0.493 e. The Bertz CT molecular complexity index is 792. The van der Waals surface area contributed by atoms with Crippen molar-refractivity contribution in [3.05, 3.63) is 34.0 Å². The summed E-state index contributed by atoms with van der Waals surface area (Å²) in [6.45, 7) is 4.71. The molecule has 0 unspecified atom stereocenters. The van der Waals surface area contributed by atoms with Crippen molar-refractivity contribution in [3.8, 4) is 11.5 Å². The van der Waals surface area contributed by atoms with Gasteiger partial charge in [-0.3, -0.25) is 10.1 Å². The molecule has 29 heavy (non-hydrogen) atoms. The second-order valence-electron chi connectivity index (χ2n) is 7.57. The fourth-order valence-electron chi connectivity index (χ4n) is 3.62. The molecule has 0 fully saturated rings. The molecule has 0 aliphatic rings. The number of nitrogens with zero attached hydrogens (tertiary/aromatic N) is 2. The van der Waals surface area contributed by atoms with Crippen molar-refractivity contribution in [2.45, 2.75) is 78.1 Å². The Balaban J connectivity index is 1.90. The van der Waals surface area contributed by atoms with E-state index in [0.717, 1.165) is 18.4 Å². The molecule has 0 N–H and O–H groups in total. The van der Waals surface area contributed by atoms with Crippen LogP contribution in [0, 0.1) is 17.0 Å². The molecular weight excluding hydrogens is 368 g/mol. The summed E-state index contributed by atoms with van der Waals surface area (Å²) in [5.41, 5.74) is 1.16. The van der Waals surface area contributed by atoms with Crippen molar-refractivity contribution in [2.24, 2.45) is 0 Å². The lowest BCUT2D eigenvalue weighted by atomic mass is 10.1. The van der Waals surface area contributed by atoms with E-state index in [1.54, 1.807) is 6.20 Å². The van der Waals surface area contributed by atoms with Gasteiger partial charge in [-0.1, -0.05) is 64.7 Å². The molecule has 1 heterocycles. The van der Waals surface area contributed by atoms with Gasteiger partial charge in [0.1, 0.15) is 0 Å². The van der Waals surface area contributed by atoms with E-state index >= 15 is 0 Å². The number of pyridine rings is 1. The molecule has 2 rings (SSSR count). The molecule has 0 saturated carbocycles. The van der Waals surface area contributed by atoms with Crippen LogP contribution in [0.1, 0.15) is 76.7 Å². The summed E-state index contributed by atoms with van der Waals surface area (Å²) in [6.07, 6.45) is 14.2. The predicted molar refractivity (Wildman–Crippen MR) is 117 cm³/mol. The van der Waals surface area contributed by atoms with Gasteiger partial charge in [0.25, 0.3) is 5.69 Å². The Labute approximate surface area is 173 Å². The van der Waals surface area contributed by atoms with E-state index in [9.17, 15) is 10.1 Å². The fraction of sp³-hybridized carbons (Fsp3) is 0.609. The van der Waals surface area contributed by atoms with E-state index in [2.05, 4.69) is 11.9 Å². The lowest BCUT2D eigenvalue weighted by molar-refractivity contribution is -0.383. The van der Waals surface area contributed by atoms with Crippen LogP contribution >= 0.6 is 0 Å². The summed E-state index contributed by atoms with van der Waals surface area (Å²) in [5.74, 6) is 0.932. The lowest BCUT2D eigenvalue weighted by Gasteiger charge is -2.15. The summed E-state index contributed by atoms with van der Waals surface area (Å²) in [4.78, 5) is 15.2. The third kappa shape index (κ3) is 6.58. The number of hydrogen-bond donors (Lipinski definition) is 0. The van der Waals surface area contributed by atoms with Gasteiger partial charge >= 0.3 is 0 Å². The monoisotopic (exact) mass is 402 g/mol. The number of nitro groups is 1. The third-order valence-corrected chi connectivity index (χ3v) is 5.28. The molecule has 6 nitrogen and oxygen atoms in total. The summed E-state index contributed by atoms with van der Waals surface area (Å²) in [6, 6.07) is 3.24. The zero-order valence-electron chi connectivity index (χ0n) is 18.0. The van der Waals surface area contributed by atoms with Crippen molar-refractivity contribution >= 4 is 16.6 Å². The number of hydrogen-bond acceptors (Lipinski definition) is 5. The van der Waals surface area contributed by atoms with Gasteiger partial charge in [0, 0.05) is 6.20 Å². The highest BCUT2D eigenvalue weighted by Gasteiger charge is 2.23. The van der Waals surface area contributed by atoms with Crippen LogP contribution in [0.4, 0.5) is 5.69 Å². The zero-order chi connectivity index (χ0) is 21.1. The number of unbranched alkanes of at least 4 members (excludes halogenated alkanes) is 9. The molecule has 0 aliphatic carbocycles. The molecule has 0 amide bonds. The summed E-state index contributed by atoms with van der Waals surface area (Å²) >= 11 is 0. The predicted octanol–water partition coefficient (Wildman–Crippen LogP) is 6.76. The Kier molecular flexibility index (Phi) is 9.68. The largest absolute Gasteiger partial charge is 0.493 e. The van der Waals surface area contributed by atoms with E-state index in [1.807, 2.05) is 13.0 Å². The number of aryl methyl sites for hydroxylation is 1. The molecule has 0 atom stereocenters. The molecule has 0 radical (unpaired) electrons. The number of fused-ring (bicyclic) bond motifs is 1. The molecule has 0 spiro atoms. The molecule has 1 aromatic heterocycles. The van der Waals surface area contributed by atoms with Gasteiger partial charge in [-0.15, -0.1) is 0 Å². The van der Waals surface area contributed by atoms with Gasteiger partial charge in [0.2, 0.25) is 0 Å². The van der Waals surface area contributed by atoms with Crippen molar-refractivity contribution in [3.63, 3.8) is 0 Å². The number of aromatic nitrogens is 1. The van der Waals surface area contributed by atoms with Gasteiger partial charge in [0.05, 0.1) is 30.1 Å². The van der Waals surface area contributed by atoms with E-state index in [-0.39, 0.29) is 5.69 Å². The first-order chi connectivity index (χ1) is 14.1. The first-order valence-corrected chi connectivity index (χ1v) is 10.8. The summed E-state index contributed by atoms with van der Waals surface area (Å²) in [5, 5.41) is 12.1. The maximum Gasteiger partial charge on any atom is 0.299 e. The van der Waals surface area contributed by atoms with Gasteiger partial charge in [-0.05, 0) is 25.0 Å². The molecule has 0 bridgehead atoms. The van der Waals surface area contributed by atoms with Gasteiger partial charge in [-0.25, -0.2) is 4.98 Å². The SMILES string of the molecule is CCCCCCCCCCCCOc1c(OC)cc([N+](=O)[O-])c2nccc(C)c12. The first-order valence-electron chi connectivity index (χ1n) is 10.8. The van der Waals surface area contributed by atoms with Gasteiger partial charge < -0.3 is 9.47 Å². The molecule has 1 aromatic carbocycles. The minimum absolute atomic E-state index is 0.0631. The van der Waals surface area contributed by atoms with E-state index in [1.165, 1.54) is 64.5 Å². The quantitative estimate of drug-likeness (QED) is 0.198. The van der Waals surface area contributed by atoms with Gasteiger partial charge in [-0.2, -0.15) is 0 Å². The van der Waals surface area contributed by atoms with E-state index in [0.29, 0.717) is 29.0 Å². The molecule has 6 heteroatoms. The van der Waals surface area contributed by atoms with Crippen LogP contribution in [0.2, 0.25) is 0 Å². The second kappa shape index (κ2) is 12.2. The smallest absolute Gasteiger partial charge is 0.299 e. The highest BCUT2D eigenvalue weighted by Crippen LogP contribution is 2.41. The molecular formula is C23H34N2O4. The Morgan fingerprint density at radius 3 is 2.24 bits per heavy atom. The standard InChI is InChI=1S/C23H34N2O4/c1-4-5-6-7-8-9-10-11-12-13-16-29-23-20(28-3)17-19(25(26)27)22-21(23)18(2)14-15-24-22/h14-15,17H,4-13,16H2,1-3H3. The number of non-ortho nitro benzene ring substituents is 1. The molecule has 160 valence electrons.